The van der Waals surface area contributed by atoms with Crippen molar-refractivity contribution < 1.29 is 19.0 Å². The van der Waals surface area contributed by atoms with Gasteiger partial charge in [0.25, 0.3) is 5.91 Å². The van der Waals surface area contributed by atoms with Crippen molar-refractivity contribution in [1.82, 2.24) is 14.8 Å². The summed E-state index contributed by atoms with van der Waals surface area (Å²) in [5.41, 5.74) is 1.93. The first kappa shape index (κ1) is 15.9. The fourth-order valence-electron chi connectivity index (χ4n) is 2.65. The third-order valence-corrected chi connectivity index (χ3v) is 3.90. The van der Waals surface area contributed by atoms with Gasteiger partial charge in [0.1, 0.15) is 25.9 Å². The topological polar surface area (TPSA) is 87.5 Å². The average molecular weight is 352 g/mol. The molecule has 1 amide bonds. The van der Waals surface area contributed by atoms with E-state index in [9.17, 15) is 4.79 Å². The number of anilines is 1. The smallest absolute Gasteiger partial charge is 0.255 e. The van der Waals surface area contributed by atoms with Crippen molar-refractivity contribution in [3.8, 4) is 22.9 Å². The summed E-state index contributed by atoms with van der Waals surface area (Å²) in [4.78, 5) is 16.5. The van der Waals surface area contributed by atoms with Crippen LogP contribution in [0.15, 0.2) is 49.1 Å². The lowest BCUT2D eigenvalue weighted by Crippen LogP contribution is -2.18. The van der Waals surface area contributed by atoms with Crippen LogP contribution in [0.25, 0.3) is 5.69 Å². The van der Waals surface area contributed by atoms with E-state index in [-0.39, 0.29) is 5.91 Å². The molecular formula is C18H16N4O4. The van der Waals surface area contributed by atoms with Crippen LogP contribution in [0.4, 0.5) is 5.69 Å². The number of fused-ring (bicyclic) bond motifs is 1. The van der Waals surface area contributed by atoms with E-state index in [4.69, 9.17) is 14.2 Å². The molecule has 1 aromatic heterocycles. The lowest BCUT2D eigenvalue weighted by atomic mass is 10.1. The number of nitrogens with zero attached hydrogens (tertiary/aromatic N) is 3. The molecular weight excluding hydrogens is 336 g/mol. The van der Waals surface area contributed by atoms with E-state index in [1.807, 2.05) is 12.1 Å². The molecule has 0 saturated carbocycles. The van der Waals surface area contributed by atoms with Crippen LogP contribution in [0, 0.1) is 0 Å². The molecule has 0 atom stereocenters. The minimum atomic E-state index is -0.270. The van der Waals surface area contributed by atoms with Crippen LogP contribution in [0.2, 0.25) is 0 Å². The van der Waals surface area contributed by atoms with Crippen molar-refractivity contribution >= 4 is 11.6 Å². The van der Waals surface area contributed by atoms with Crippen LogP contribution >= 0.6 is 0 Å². The van der Waals surface area contributed by atoms with Crippen molar-refractivity contribution in [2.75, 3.05) is 25.6 Å². The van der Waals surface area contributed by atoms with Crippen LogP contribution in [-0.4, -0.2) is 41.0 Å². The SMILES string of the molecule is COc1cc(C(=O)Nc2ccc(-n3cncn3)cc2)cc2c1OCCO2. The summed E-state index contributed by atoms with van der Waals surface area (Å²) in [6, 6.07) is 10.6. The monoisotopic (exact) mass is 352 g/mol. The fraction of sp³-hybridized carbons (Fsp3) is 0.167. The second-order valence-corrected chi connectivity index (χ2v) is 5.54. The van der Waals surface area contributed by atoms with Crippen LogP contribution < -0.4 is 19.5 Å². The molecule has 8 nitrogen and oxygen atoms in total. The quantitative estimate of drug-likeness (QED) is 0.775. The molecule has 4 rings (SSSR count). The molecule has 1 aliphatic heterocycles. The highest BCUT2D eigenvalue weighted by atomic mass is 16.6. The molecule has 0 spiro atoms. The van der Waals surface area contributed by atoms with Gasteiger partial charge >= 0.3 is 0 Å². The molecule has 0 unspecified atom stereocenters. The van der Waals surface area contributed by atoms with E-state index in [1.165, 1.54) is 13.4 Å². The van der Waals surface area contributed by atoms with Gasteiger partial charge in [-0.3, -0.25) is 4.79 Å². The predicted octanol–water partition coefficient (Wildman–Crippen LogP) is 2.30. The van der Waals surface area contributed by atoms with Gasteiger partial charge in [0.05, 0.1) is 12.8 Å². The third-order valence-electron chi connectivity index (χ3n) is 3.90. The number of hydrogen-bond donors (Lipinski definition) is 1. The van der Waals surface area contributed by atoms with Crippen molar-refractivity contribution in [2.45, 2.75) is 0 Å². The summed E-state index contributed by atoms with van der Waals surface area (Å²) >= 11 is 0. The molecule has 1 N–H and O–H groups in total. The summed E-state index contributed by atoms with van der Waals surface area (Å²) < 4.78 is 18.1. The van der Waals surface area contributed by atoms with Crippen molar-refractivity contribution in [3.63, 3.8) is 0 Å². The van der Waals surface area contributed by atoms with Gasteiger partial charge in [-0.1, -0.05) is 0 Å². The van der Waals surface area contributed by atoms with E-state index in [0.29, 0.717) is 41.7 Å². The van der Waals surface area contributed by atoms with Gasteiger partial charge in [0, 0.05) is 11.3 Å². The van der Waals surface area contributed by atoms with Gasteiger partial charge in [0.2, 0.25) is 5.75 Å². The molecule has 0 bridgehead atoms. The first-order chi connectivity index (χ1) is 12.7. The van der Waals surface area contributed by atoms with E-state index < -0.39 is 0 Å². The Kier molecular flexibility index (Phi) is 4.14. The molecule has 26 heavy (non-hydrogen) atoms. The lowest BCUT2D eigenvalue weighted by molar-refractivity contribution is 0.102. The van der Waals surface area contributed by atoms with Crippen LogP contribution in [0.3, 0.4) is 0 Å². The Hall–Kier alpha value is -3.55. The summed E-state index contributed by atoms with van der Waals surface area (Å²) in [7, 11) is 1.53. The number of methoxy groups -OCH3 is 1. The number of aromatic nitrogens is 3. The van der Waals surface area contributed by atoms with Gasteiger partial charge in [-0.15, -0.1) is 0 Å². The number of carbonyl (C=O) groups is 1. The van der Waals surface area contributed by atoms with Gasteiger partial charge < -0.3 is 19.5 Å². The standard InChI is InChI=1S/C18H16N4O4/c1-24-15-8-12(9-16-17(15)26-7-6-25-16)18(23)21-13-2-4-14(5-3-13)22-11-19-10-20-22/h2-5,8-11H,6-7H2,1H3,(H,21,23). The molecule has 8 heteroatoms. The minimum absolute atomic E-state index is 0.270. The van der Waals surface area contributed by atoms with Crippen LogP contribution in [0.5, 0.6) is 17.2 Å². The highest BCUT2D eigenvalue weighted by Gasteiger charge is 2.21. The number of ether oxygens (including phenoxy) is 3. The Balaban J connectivity index is 1.55. The van der Waals surface area contributed by atoms with Crippen molar-refractivity contribution in [2.24, 2.45) is 0 Å². The number of nitrogens with one attached hydrogen (secondary N) is 1. The molecule has 2 heterocycles. The Morgan fingerprint density at radius 3 is 2.73 bits per heavy atom. The van der Waals surface area contributed by atoms with E-state index >= 15 is 0 Å². The summed E-state index contributed by atoms with van der Waals surface area (Å²) in [5, 5.41) is 6.92. The Morgan fingerprint density at radius 2 is 2.00 bits per heavy atom. The number of benzene rings is 2. The highest BCUT2D eigenvalue weighted by molar-refractivity contribution is 6.05. The molecule has 0 radical (unpaired) electrons. The molecule has 0 aliphatic carbocycles. The van der Waals surface area contributed by atoms with Crippen LogP contribution in [0.1, 0.15) is 10.4 Å². The minimum Gasteiger partial charge on any atom is -0.493 e. The molecule has 2 aromatic carbocycles. The summed E-state index contributed by atoms with van der Waals surface area (Å²) in [6.45, 7) is 0.887. The summed E-state index contributed by atoms with van der Waals surface area (Å²) in [5.74, 6) is 1.22. The normalized spacial score (nSPS) is 12.5. The first-order valence-electron chi connectivity index (χ1n) is 7.98. The van der Waals surface area contributed by atoms with Crippen molar-refractivity contribution in [1.29, 1.82) is 0 Å². The van der Waals surface area contributed by atoms with Gasteiger partial charge in [-0.25, -0.2) is 9.67 Å². The van der Waals surface area contributed by atoms with E-state index in [0.717, 1.165) is 5.69 Å². The maximum absolute atomic E-state index is 12.6. The predicted molar refractivity (Wildman–Crippen MR) is 93.3 cm³/mol. The average Bonchev–Trinajstić information content (AvgIpc) is 3.22. The fourth-order valence-corrected chi connectivity index (χ4v) is 2.65. The maximum Gasteiger partial charge on any atom is 0.255 e. The Labute approximate surface area is 149 Å². The highest BCUT2D eigenvalue weighted by Crippen LogP contribution is 2.40. The summed E-state index contributed by atoms with van der Waals surface area (Å²) in [6.07, 6.45) is 3.07. The molecule has 1 aliphatic rings. The van der Waals surface area contributed by atoms with Gasteiger partial charge in [0.15, 0.2) is 11.5 Å². The van der Waals surface area contributed by atoms with Gasteiger partial charge in [-0.2, -0.15) is 5.10 Å². The lowest BCUT2D eigenvalue weighted by Gasteiger charge is -2.21. The number of amides is 1. The zero-order valence-corrected chi connectivity index (χ0v) is 14.0. The largest absolute Gasteiger partial charge is 0.493 e. The number of rotatable bonds is 4. The van der Waals surface area contributed by atoms with E-state index in [2.05, 4.69) is 15.4 Å². The molecule has 0 fully saturated rings. The maximum atomic E-state index is 12.6. The number of hydrogen-bond acceptors (Lipinski definition) is 6. The van der Waals surface area contributed by atoms with Crippen molar-refractivity contribution in [3.05, 3.63) is 54.6 Å². The molecule has 132 valence electrons. The number of carbonyl (C=O) groups excluding carboxylic acids is 1. The zero-order valence-electron chi connectivity index (χ0n) is 14.0. The Morgan fingerprint density at radius 1 is 1.19 bits per heavy atom. The van der Waals surface area contributed by atoms with Crippen LogP contribution in [-0.2, 0) is 0 Å². The third kappa shape index (κ3) is 3.04. The second-order valence-electron chi connectivity index (χ2n) is 5.54. The Bertz CT molecular complexity index is 906. The first-order valence-corrected chi connectivity index (χ1v) is 7.98. The zero-order chi connectivity index (χ0) is 17.9. The van der Waals surface area contributed by atoms with E-state index in [1.54, 1.807) is 35.3 Å². The second kappa shape index (κ2) is 6.75. The molecule has 3 aromatic rings. The molecule has 0 saturated heterocycles. The van der Waals surface area contributed by atoms with Gasteiger partial charge in [-0.05, 0) is 36.4 Å².